The Morgan fingerprint density at radius 1 is 1.23 bits per heavy atom. The molecular weight excluding hydrogens is 436 g/mol. The molecule has 0 aliphatic carbocycles. The van der Waals surface area contributed by atoms with E-state index < -0.39 is 16.9 Å². The predicted octanol–water partition coefficient (Wildman–Crippen LogP) is 3.22. The summed E-state index contributed by atoms with van der Waals surface area (Å²) in [4.78, 5) is 19.5. The number of nitrogens with one attached hydrogen (secondary N) is 1. The first-order chi connectivity index (χ1) is 14.9. The fourth-order valence-corrected chi connectivity index (χ4v) is 4.27. The van der Waals surface area contributed by atoms with Crippen LogP contribution in [-0.2, 0) is 17.5 Å². The van der Waals surface area contributed by atoms with Crippen LogP contribution in [0.2, 0.25) is 0 Å². The molecule has 0 spiro atoms. The van der Waals surface area contributed by atoms with Crippen molar-refractivity contribution in [3.8, 4) is 6.07 Å². The number of aromatic nitrogens is 3. The van der Waals surface area contributed by atoms with Gasteiger partial charge in [0.1, 0.15) is 27.7 Å². The van der Waals surface area contributed by atoms with Gasteiger partial charge in [-0.1, -0.05) is 6.07 Å². The van der Waals surface area contributed by atoms with Gasteiger partial charge in [0.25, 0.3) is 5.91 Å². The highest BCUT2D eigenvalue weighted by Gasteiger charge is 2.21. The minimum atomic E-state index is -1.49. The fourth-order valence-electron chi connectivity index (χ4n) is 2.98. The molecule has 2 heterocycles. The summed E-state index contributed by atoms with van der Waals surface area (Å²) in [5.74, 6) is -0.490. The summed E-state index contributed by atoms with van der Waals surface area (Å²) < 4.78 is 18.5. The Morgan fingerprint density at radius 3 is 2.68 bits per heavy atom. The number of hydrogen-bond donors (Lipinski definition) is 1. The molecule has 0 aliphatic rings. The van der Waals surface area contributed by atoms with Crippen LogP contribution < -0.4 is 9.62 Å². The van der Waals surface area contributed by atoms with Crippen molar-refractivity contribution in [2.45, 2.75) is 13.5 Å². The van der Waals surface area contributed by atoms with Gasteiger partial charge in [-0.15, -0.1) is 11.3 Å². The lowest BCUT2D eigenvalue weighted by molar-refractivity contribution is 0.0978. The summed E-state index contributed by atoms with van der Waals surface area (Å²) in [7, 11) is -1.49. The van der Waals surface area contributed by atoms with Gasteiger partial charge in [0, 0.05) is 16.8 Å². The quantitative estimate of drug-likeness (QED) is 0.473. The molecule has 0 fully saturated rings. The molecule has 0 radical (unpaired) electrons. The second-order valence-electron chi connectivity index (χ2n) is 6.62. The van der Waals surface area contributed by atoms with E-state index in [0.717, 1.165) is 11.3 Å². The zero-order chi connectivity index (χ0) is 22.0. The fraction of sp³-hybridized carbons (Fsp3) is 0.150. The topological polar surface area (TPSA) is 125 Å². The highest BCUT2D eigenvalue weighted by Crippen LogP contribution is 2.33. The second-order valence-corrected chi connectivity index (χ2v) is 8.91. The van der Waals surface area contributed by atoms with Crippen molar-refractivity contribution < 1.29 is 13.6 Å². The lowest BCUT2D eigenvalue weighted by Crippen LogP contribution is -2.25. The van der Waals surface area contributed by atoms with Crippen LogP contribution in [0, 0.1) is 18.3 Å². The smallest absolute Gasteiger partial charge is 0.282 e. The van der Waals surface area contributed by atoms with E-state index in [2.05, 4.69) is 26.1 Å². The minimum Gasteiger partial charge on any atom is -0.313 e. The largest absolute Gasteiger partial charge is 0.313 e. The van der Waals surface area contributed by atoms with Gasteiger partial charge >= 0.3 is 0 Å². The number of carbonyl (C=O) groups is 1. The molecular formula is C20H16N6O3S2. The van der Waals surface area contributed by atoms with Crippen LogP contribution in [-0.4, -0.2) is 31.7 Å². The van der Waals surface area contributed by atoms with Crippen molar-refractivity contribution in [3.05, 3.63) is 64.2 Å². The van der Waals surface area contributed by atoms with Crippen molar-refractivity contribution in [2.24, 2.45) is 0 Å². The summed E-state index contributed by atoms with van der Waals surface area (Å²) in [6, 6.07) is 14.8. The highest BCUT2D eigenvalue weighted by atomic mass is 32.2. The molecule has 4 aromatic rings. The molecule has 156 valence electrons. The molecule has 0 saturated heterocycles. The summed E-state index contributed by atoms with van der Waals surface area (Å²) >= 11 is 1.35. The Balaban J connectivity index is 1.73. The van der Waals surface area contributed by atoms with E-state index in [1.165, 1.54) is 17.6 Å². The van der Waals surface area contributed by atoms with Crippen LogP contribution >= 0.6 is 11.3 Å². The Morgan fingerprint density at radius 2 is 1.97 bits per heavy atom. The third-order valence-electron chi connectivity index (χ3n) is 4.43. The predicted molar refractivity (Wildman–Crippen MR) is 117 cm³/mol. The first-order valence-corrected chi connectivity index (χ1v) is 11.4. The number of thiazole rings is 1. The SMILES string of the molecule is Cc1sc(N(Cc2ccc3nonc3c2)c2ccc(C#N)cc2)nc1C(=O)NS(C)=O. The number of amides is 1. The molecule has 11 heteroatoms. The molecule has 2 aromatic carbocycles. The number of nitrogens with zero attached hydrogens (tertiary/aromatic N) is 5. The molecule has 9 nitrogen and oxygen atoms in total. The molecule has 0 saturated carbocycles. The summed E-state index contributed by atoms with van der Waals surface area (Å²) in [6.07, 6.45) is 1.39. The summed E-state index contributed by atoms with van der Waals surface area (Å²) in [5, 5.41) is 17.4. The van der Waals surface area contributed by atoms with Crippen molar-refractivity contribution in [2.75, 3.05) is 11.2 Å². The van der Waals surface area contributed by atoms with E-state index in [-0.39, 0.29) is 5.69 Å². The van der Waals surface area contributed by atoms with Crippen LogP contribution in [0.15, 0.2) is 47.1 Å². The minimum absolute atomic E-state index is 0.227. The van der Waals surface area contributed by atoms with E-state index in [1.54, 1.807) is 19.1 Å². The van der Waals surface area contributed by atoms with Gasteiger partial charge in [-0.25, -0.2) is 13.8 Å². The number of hydrogen-bond acceptors (Lipinski definition) is 9. The zero-order valence-corrected chi connectivity index (χ0v) is 18.2. The molecule has 2 aromatic heterocycles. The number of rotatable bonds is 6. The van der Waals surface area contributed by atoms with E-state index in [4.69, 9.17) is 9.89 Å². The number of fused-ring (bicyclic) bond motifs is 1. The van der Waals surface area contributed by atoms with Gasteiger partial charge < -0.3 is 4.90 Å². The molecule has 0 bridgehead atoms. The molecule has 1 atom stereocenters. The van der Waals surface area contributed by atoms with Crippen LogP contribution in [0.25, 0.3) is 11.0 Å². The third kappa shape index (κ3) is 4.45. The lowest BCUT2D eigenvalue weighted by atomic mass is 10.1. The van der Waals surface area contributed by atoms with Crippen LogP contribution in [0.5, 0.6) is 0 Å². The standard InChI is InChI=1S/C20H16N6O3S2/c1-12-18(19(27)25-31(2)28)22-20(30-12)26(15-6-3-13(10-21)4-7-15)11-14-5-8-16-17(9-14)24-29-23-16/h3-9H,11H2,1-2H3,(H,25,27). The van der Waals surface area contributed by atoms with E-state index in [1.807, 2.05) is 35.2 Å². The van der Waals surface area contributed by atoms with Gasteiger partial charge in [-0.05, 0) is 59.2 Å². The Hall–Kier alpha value is -3.62. The third-order valence-corrected chi connectivity index (χ3v) is 5.90. The Bertz CT molecular complexity index is 1320. The average molecular weight is 453 g/mol. The van der Waals surface area contributed by atoms with E-state index in [0.29, 0.717) is 33.2 Å². The van der Waals surface area contributed by atoms with Crippen molar-refractivity contribution >= 4 is 50.1 Å². The number of benzene rings is 2. The van der Waals surface area contributed by atoms with Gasteiger partial charge in [0.05, 0.1) is 18.2 Å². The number of anilines is 2. The highest BCUT2D eigenvalue weighted by molar-refractivity contribution is 7.82. The first-order valence-electron chi connectivity index (χ1n) is 9.05. The number of nitriles is 1. The lowest BCUT2D eigenvalue weighted by Gasteiger charge is -2.22. The van der Waals surface area contributed by atoms with Crippen LogP contribution in [0.4, 0.5) is 10.8 Å². The number of carbonyl (C=O) groups excluding carboxylic acids is 1. The van der Waals surface area contributed by atoms with Crippen LogP contribution in [0.1, 0.15) is 26.5 Å². The molecule has 0 aliphatic heterocycles. The molecule has 1 amide bonds. The van der Waals surface area contributed by atoms with Gasteiger partial charge in [0.15, 0.2) is 5.13 Å². The summed E-state index contributed by atoms with van der Waals surface area (Å²) in [5.41, 5.74) is 3.80. The van der Waals surface area contributed by atoms with Crippen molar-refractivity contribution in [1.82, 2.24) is 20.0 Å². The molecule has 1 N–H and O–H groups in total. The maximum absolute atomic E-state index is 12.4. The normalized spacial score (nSPS) is 11.8. The van der Waals surface area contributed by atoms with E-state index in [9.17, 15) is 9.00 Å². The Labute approximate surface area is 183 Å². The Kier molecular flexibility index (Phi) is 5.75. The molecule has 1 unspecified atom stereocenters. The van der Waals surface area contributed by atoms with E-state index >= 15 is 0 Å². The maximum atomic E-state index is 12.4. The average Bonchev–Trinajstić information content (AvgIpc) is 3.37. The van der Waals surface area contributed by atoms with Gasteiger partial charge in [-0.2, -0.15) is 5.26 Å². The number of aryl methyl sites for hydroxylation is 1. The zero-order valence-electron chi connectivity index (χ0n) is 16.5. The van der Waals surface area contributed by atoms with Gasteiger partial charge in [0.2, 0.25) is 0 Å². The molecule has 31 heavy (non-hydrogen) atoms. The van der Waals surface area contributed by atoms with Crippen LogP contribution in [0.3, 0.4) is 0 Å². The van der Waals surface area contributed by atoms with Crippen molar-refractivity contribution in [3.63, 3.8) is 0 Å². The monoisotopic (exact) mass is 452 g/mol. The summed E-state index contributed by atoms with van der Waals surface area (Å²) in [6.45, 7) is 2.22. The maximum Gasteiger partial charge on any atom is 0.282 e. The van der Waals surface area contributed by atoms with Crippen molar-refractivity contribution in [1.29, 1.82) is 5.26 Å². The molecule has 4 rings (SSSR count). The van der Waals surface area contributed by atoms with Gasteiger partial charge in [-0.3, -0.25) is 9.52 Å². The second kappa shape index (κ2) is 8.63. The first kappa shape index (κ1) is 20.6.